The lowest BCUT2D eigenvalue weighted by atomic mass is 10.0. The molecule has 154 valence electrons. The van der Waals surface area contributed by atoms with Crippen molar-refractivity contribution >= 4 is 33.3 Å². The largest absolute Gasteiger partial charge is 0.327 e. The Balaban J connectivity index is 1.22. The second-order valence-corrected chi connectivity index (χ2v) is 9.30. The molecule has 8 heteroatoms. The number of anilines is 1. The number of nitrogens with one attached hydrogen (secondary N) is 3. The van der Waals surface area contributed by atoms with Gasteiger partial charge in [-0.15, -0.1) is 11.3 Å². The van der Waals surface area contributed by atoms with Gasteiger partial charge in [0.15, 0.2) is 6.54 Å². The number of aromatic nitrogens is 2. The molecule has 0 atom stereocenters. The molecule has 2 aliphatic rings. The molecule has 0 spiro atoms. The van der Waals surface area contributed by atoms with Crippen LogP contribution in [0.1, 0.15) is 41.3 Å². The van der Waals surface area contributed by atoms with E-state index in [0.717, 1.165) is 61.8 Å². The molecule has 1 amide bonds. The van der Waals surface area contributed by atoms with Gasteiger partial charge in [-0.2, -0.15) is 5.26 Å². The molecule has 1 aromatic carbocycles. The van der Waals surface area contributed by atoms with Gasteiger partial charge in [0.25, 0.3) is 5.91 Å². The van der Waals surface area contributed by atoms with Crippen LogP contribution in [0.3, 0.4) is 0 Å². The number of nitriles is 1. The first-order valence-corrected chi connectivity index (χ1v) is 11.3. The van der Waals surface area contributed by atoms with E-state index in [2.05, 4.69) is 16.4 Å². The predicted molar refractivity (Wildman–Crippen MR) is 116 cm³/mol. The minimum absolute atomic E-state index is 0.0378. The van der Waals surface area contributed by atoms with Crippen LogP contribution in [-0.4, -0.2) is 35.1 Å². The number of imidazole rings is 1. The van der Waals surface area contributed by atoms with Crippen LogP contribution >= 0.6 is 11.3 Å². The molecule has 3 aromatic rings. The van der Waals surface area contributed by atoms with Crippen molar-refractivity contribution in [2.45, 2.75) is 38.1 Å². The van der Waals surface area contributed by atoms with E-state index in [-0.39, 0.29) is 17.6 Å². The molecule has 30 heavy (non-hydrogen) atoms. The first-order valence-electron chi connectivity index (χ1n) is 10.5. The summed E-state index contributed by atoms with van der Waals surface area (Å²) in [6.07, 6.45) is 4.78. The van der Waals surface area contributed by atoms with Gasteiger partial charge in [-0.25, -0.2) is 4.79 Å². The zero-order valence-corrected chi connectivity index (χ0v) is 17.5. The summed E-state index contributed by atoms with van der Waals surface area (Å²) in [5.74, 6) is -0.0378. The SMILES string of the molecule is N#Cc1c(NC(=O)C[NH+]2CCC(n3c(=O)[nH]c4ccccc43)CC2)sc2c1CCC2. The fraction of sp³-hybridized carbons (Fsp3) is 0.409. The molecule has 0 radical (unpaired) electrons. The number of hydrogen-bond donors (Lipinski definition) is 3. The molecule has 5 rings (SSSR count). The van der Waals surface area contributed by atoms with Crippen molar-refractivity contribution in [3.05, 3.63) is 50.8 Å². The molecule has 1 aliphatic heterocycles. The van der Waals surface area contributed by atoms with Crippen molar-refractivity contribution in [2.24, 2.45) is 0 Å². The van der Waals surface area contributed by atoms with Crippen molar-refractivity contribution in [1.29, 1.82) is 5.26 Å². The number of carbonyl (C=O) groups excluding carboxylic acids is 1. The molecule has 7 nitrogen and oxygen atoms in total. The highest BCUT2D eigenvalue weighted by Crippen LogP contribution is 2.38. The lowest BCUT2D eigenvalue weighted by molar-refractivity contribution is -0.897. The standard InChI is InChI=1S/C22H23N5O2S/c23-12-16-15-4-3-7-19(15)30-21(16)25-20(28)13-26-10-8-14(9-11-26)27-18-6-2-1-5-17(18)24-22(27)29/h1-2,5-6,14H,3-4,7-11,13H2,(H,24,29)(H,25,28)/p+1. The van der Waals surface area contributed by atoms with Crippen molar-refractivity contribution < 1.29 is 9.69 Å². The van der Waals surface area contributed by atoms with Crippen LogP contribution in [0.25, 0.3) is 11.0 Å². The quantitative estimate of drug-likeness (QED) is 0.596. The number of benzene rings is 1. The zero-order valence-electron chi connectivity index (χ0n) is 16.7. The van der Waals surface area contributed by atoms with Gasteiger partial charge in [0, 0.05) is 23.8 Å². The predicted octanol–water partition coefficient (Wildman–Crippen LogP) is 1.61. The zero-order chi connectivity index (χ0) is 20.7. The number of hydrogen-bond acceptors (Lipinski definition) is 4. The number of aromatic amines is 1. The molecule has 2 aromatic heterocycles. The van der Waals surface area contributed by atoms with Gasteiger partial charge in [0.05, 0.1) is 29.7 Å². The van der Waals surface area contributed by atoms with Gasteiger partial charge < -0.3 is 15.2 Å². The van der Waals surface area contributed by atoms with Crippen LogP contribution in [-0.2, 0) is 17.6 Å². The molecule has 3 heterocycles. The number of piperidine rings is 1. The number of fused-ring (bicyclic) bond motifs is 2. The number of nitrogens with zero attached hydrogens (tertiary/aromatic N) is 2. The monoisotopic (exact) mass is 422 g/mol. The summed E-state index contributed by atoms with van der Waals surface area (Å²) < 4.78 is 1.87. The average molecular weight is 423 g/mol. The molecular weight excluding hydrogens is 398 g/mol. The molecule has 0 saturated carbocycles. The molecule has 0 bridgehead atoms. The van der Waals surface area contributed by atoms with E-state index in [4.69, 9.17) is 0 Å². The molecule has 1 fully saturated rings. The third kappa shape index (κ3) is 3.34. The van der Waals surface area contributed by atoms with Crippen LogP contribution in [0.15, 0.2) is 29.1 Å². The summed E-state index contributed by atoms with van der Waals surface area (Å²) in [5.41, 5.74) is 3.55. The van der Waals surface area contributed by atoms with E-state index in [0.29, 0.717) is 17.1 Å². The van der Waals surface area contributed by atoms with Crippen molar-refractivity contribution in [2.75, 3.05) is 25.0 Å². The fourth-order valence-corrected chi connectivity index (χ4v) is 6.15. The molecule has 3 N–H and O–H groups in total. The smallest absolute Gasteiger partial charge is 0.326 e. The summed E-state index contributed by atoms with van der Waals surface area (Å²) in [4.78, 5) is 30.5. The Bertz CT molecular complexity index is 1210. The second-order valence-electron chi connectivity index (χ2n) is 8.20. The summed E-state index contributed by atoms with van der Waals surface area (Å²) in [6.45, 7) is 2.08. The van der Waals surface area contributed by atoms with Crippen LogP contribution in [0.5, 0.6) is 0 Å². The number of carbonyl (C=O) groups is 1. The van der Waals surface area contributed by atoms with E-state index in [1.807, 2.05) is 28.8 Å². The van der Waals surface area contributed by atoms with E-state index in [9.17, 15) is 14.9 Å². The first kappa shape index (κ1) is 19.1. The maximum atomic E-state index is 12.6. The van der Waals surface area contributed by atoms with Crippen molar-refractivity contribution in [1.82, 2.24) is 9.55 Å². The Labute approximate surface area is 177 Å². The van der Waals surface area contributed by atoms with Crippen LogP contribution in [0.4, 0.5) is 5.00 Å². The Morgan fingerprint density at radius 1 is 1.30 bits per heavy atom. The molecule has 0 unspecified atom stereocenters. The topological polar surface area (TPSA) is 95.1 Å². The van der Waals surface area contributed by atoms with Gasteiger partial charge in [-0.1, -0.05) is 12.1 Å². The highest BCUT2D eigenvalue weighted by atomic mass is 32.1. The first-order chi connectivity index (χ1) is 14.6. The number of aryl methyl sites for hydroxylation is 1. The average Bonchev–Trinajstić information content (AvgIpc) is 3.40. The Kier molecular flexibility index (Phi) is 4.93. The highest BCUT2D eigenvalue weighted by Gasteiger charge is 2.28. The lowest BCUT2D eigenvalue weighted by Gasteiger charge is -2.29. The fourth-order valence-electron chi connectivity index (χ4n) is 4.89. The van der Waals surface area contributed by atoms with E-state index < -0.39 is 0 Å². The Hall–Kier alpha value is -2.89. The Morgan fingerprint density at radius 2 is 2.10 bits per heavy atom. The van der Waals surface area contributed by atoms with Crippen molar-refractivity contribution in [3.8, 4) is 6.07 Å². The summed E-state index contributed by atoms with van der Waals surface area (Å²) in [7, 11) is 0. The minimum Gasteiger partial charge on any atom is -0.327 e. The molecule has 1 aliphatic carbocycles. The van der Waals surface area contributed by atoms with Crippen molar-refractivity contribution in [3.63, 3.8) is 0 Å². The Morgan fingerprint density at radius 3 is 2.90 bits per heavy atom. The second kappa shape index (κ2) is 7.74. The molecule has 1 saturated heterocycles. The van der Waals surface area contributed by atoms with Gasteiger partial charge in [-0.3, -0.25) is 9.36 Å². The third-order valence-electron chi connectivity index (χ3n) is 6.35. The summed E-state index contributed by atoms with van der Waals surface area (Å²) >= 11 is 1.56. The van der Waals surface area contributed by atoms with Crippen LogP contribution < -0.4 is 15.9 Å². The number of H-pyrrole nitrogens is 1. The maximum absolute atomic E-state index is 12.6. The number of para-hydroxylation sites is 2. The normalized spacial score (nSPS) is 20.8. The number of rotatable bonds is 4. The number of thiophene rings is 1. The van der Waals surface area contributed by atoms with Crippen LogP contribution in [0, 0.1) is 11.3 Å². The van der Waals surface area contributed by atoms with E-state index in [1.54, 1.807) is 11.3 Å². The van der Waals surface area contributed by atoms with E-state index in [1.165, 1.54) is 9.78 Å². The van der Waals surface area contributed by atoms with Gasteiger partial charge >= 0.3 is 5.69 Å². The maximum Gasteiger partial charge on any atom is 0.326 e. The molecular formula is C22H24N5O2S+. The summed E-state index contributed by atoms with van der Waals surface area (Å²) in [5, 5.41) is 13.2. The minimum atomic E-state index is -0.0582. The third-order valence-corrected chi connectivity index (χ3v) is 7.56. The highest BCUT2D eigenvalue weighted by molar-refractivity contribution is 7.16. The van der Waals surface area contributed by atoms with Gasteiger partial charge in [0.1, 0.15) is 11.1 Å². The van der Waals surface area contributed by atoms with Crippen LogP contribution in [0.2, 0.25) is 0 Å². The van der Waals surface area contributed by atoms with Gasteiger partial charge in [-0.05, 0) is 37.0 Å². The number of likely N-dealkylation sites (tertiary alicyclic amines) is 1. The van der Waals surface area contributed by atoms with Gasteiger partial charge in [0.2, 0.25) is 0 Å². The summed E-state index contributed by atoms with van der Waals surface area (Å²) in [6, 6.07) is 10.2. The number of amides is 1. The lowest BCUT2D eigenvalue weighted by Crippen LogP contribution is -3.14. The van der Waals surface area contributed by atoms with E-state index >= 15 is 0 Å². The number of quaternary nitrogens is 1.